The highest BCUT2D eigenvalue weighted by Crippen LogP contribution is 2.27. The summed E-state index contributed by atoms with van der Waals surface area (Å²) in [7, 11) is 0. The zero-order chi connectivity index (χ0) is 14.8. The average Bonchev–Trinajstić information content (AvgIpc) is 2.61. The van der Waals surface area contributed by atoms with Gasteiger partial charge in [0.2, 0.25) is 0 Å². The maximum atomic E-state index is 12.2. The third-order valence-electron chi connectivity index (χ3n) is 3.47. The van der Waals surface area contributed by atoms with Gasteiger partial charge in [-0.15, -0.1) is 0 Å². The third-order valence-corrected chi connectivity index (χ3v) is 3.84. The molecule has 4 nitrogen and oxygen atoms in total. The van der Waals surface area contributed by atoms with Gasteiger partial charge < -0.3 is 15.4 Å². The van der Waals surface area contributed by atoms with Gasteiger partial charge in [-0.1, -0.05) is 29.8 Å². The maximum Gasteiger partial charge on any atom is 0.261 e. The molecule has 1 amide bonds. The van der Waals surface area contributed by atoms with Crippen molar-refractivity contribution in [2.75, 3.05) is 12.3 Å². The monoisotopic (exact) mass is 302 g/mol. The van der Waals surface area contributed by atoms with Crippen LogP contribution in [0, 0.1) is 0 Å². The number of ether oxygens (including phenoxy) is 1. The number of anilines is 1. The fraction of sp³-hybridized carbons (Fsp3) is 0.188. The van der Waals surface area contributed by atoms with E-state index in [1.807, 2.05) is 30.3 Å². The molecule has 1 aliphatic heterocycles. The molecule has 0 atom stereocenters. The van der Waals surface area contributed by atoms with Gasteiger partial charge in [0.15, 0.2) is 6.61 Å². The Labute approximate surface area is 128 Å². The second-order valence-electron chi connectivity index (χ2n) is 5.00. The molecule has 5 heteroatoms. The Balaban J connectivity index is 1.88. The van der Waals surface area contributed by atoms with Crippen molar-refractivity contribution in [2.24, 2.45) is 0 Å². The molecule has 21 heavy (non-hydrogen) atoms. The van der Waals surface area contributed by atoms with E-state index in [-0.39, 0.29) is 12.5 Å². The molecule has 2 aromatic rings. The number of nitrogen functional groups attached to an aromatic ring is 1. The van der Waals surface area contributed by atoms with E-state index in [1.165, 1.54) is 0 Å². The summed E-state index contributed by atoms with van der Waals surface area (Å²) in [6.45, 7) is 0.946. The minimum Gasteiger partial charge on any atom is -0.483 e. The van der Waals surface area contributed by atoms with Crippen molar-refractivity contribution in [3.63, 3.8) is 0 Å². The summed E-state index contributed by atoms with van der Waals surface area (Å²) in [5, 5.41) is 0.656. The molecule has 0 saturated heterocycles. The smallest absolute Gasteiger partial charge is 0.261 e. The number of rotatable bonds is 2. The molecule has 2 aromatic carbocycles. The Hall–Kier alpha value is -2.20. The summed E-state index contributed by atoms with van der Waals surface area (Å²) in [5.41, 5.74) is 8.29. The molecular formula is C16H15ClN2O2. The summed E-state index contributed by atoms with van der Waals surface area (Å²) in [4.78, 5) is 13.9. The summed E-state index contributed by atoms with van der Waals surface area (Å²) in [5.74, 6) is 0.642. The van der Waals surface area contributed by atoms with Crippen molar-refractivity contribution >= 4 is 23.2 Å². The first-order valence-corrected chi connectivity index (χ1v) is 7.03. The van der Waals surface area contributed by atoms with Crippen molar-refractivity contribution in [2.45, 2.75) is 13.1 Å². The second-order valence-corrected chi connectivity index (χ2v) is 5.40. The highest BCUT2D eigenvalue weighted by Gasteiger charge is 2.22. The lowest BCUT2D eigenvalue weighted by Gasteiger charge is -2.20. The van der Waals surface area contributed by atoms with Crippen molar-refractivity contribution in [3.05, 3.63) is 58.6 Å². The van der Waals surface area contributed by atoms with Crippen LogP contribution in [0.1, 0.15) is 11.1 Å². The molecule has 2 N–H and O–H groups in total. The zero-order valence-corrected chi connectivity index (χ0v) is 12.1. The SMILES string of the molecule is Nc1ccc2c(c1)CN(Cc1ccccc1Cl)C(=O)CO2. The van der Waals surface area contributed by atoms with Crippen LogP contribution in [0.3, 0.4) is 0 Å². The van der Waals surface area contributed by atoms with Crippen LogP contribution >= 0.6 is 11.6 Å². The molecule has 1 heterocycles. The average molecular weight is 303 g/mol. The quantitative estimate of drug-likeness (QED) is 0.868. The molecule has 0 spiro atoms. The van der Waals surface area contributed by atoms with Crippen molar-refractivity contribution < 1.29 is 9.53 Å². The van der Waals surface area contributed by atoms with Crippen LogP contribution in [0.4, 0.5) is 5.69 Å². The standard InChI is InChI=1S/C16H15ClN2O2/c17-14-4-2-1-3-11(14)8-19-9-12-7-13(18)5-6-15(12)21-10-16(19)20/h1-7H,8-10,18H2. The Morgan fingerprint density at radius 2 is 2.05 bits per heavy atom. The number of hydrogen-bond donors (Lipinski definition) is 1. The lowest BCUT2D eigenvalue weighted by atomic mass is 10.1. The van der Waals surface area contributed by atoms with E-state index in [4.69, 9.17) is 22.1 Å². The lowest BCUT2D eigenvalue weighted by Crippen LogP contribution is -2.31. The van der Waals surface area contributed by atoms with Gasteiger partial charge in [-0.2, -0.15) is 0 Å². The number of amides is 1. The van der Waals surface area contributed by atoms with Crippen LogP contribution in [-0.2, 0) is 17.9 Å². The molecule has 3 rings (SSSR count). The first-order chi connectivity index (χ1) is 10.1. The van der Waals surface area contributed by atoms with Gasteiger partial charge in [0.25, 0.3) is 5.91 Å². The highest BCUT2D eigenvalue weighted by atomic mass is 35.5. The maximum absolute atomic E-state index is 12.2. The fourth-order valence-corrected chi connectivity index (χ4v) is 2.56. The van der Waals surface area contributed by atoms with E-state index in [1.54, 1.807) is 17.0 Å². The van der Waals surface area contributed by atoms with Crippen LogP contribution < -0.4 is 10.5 Å². The normalized spacial score (nSPS) is 14.3. The molecule has 0 saturated carbocycles. The Morgan fingerprint density at radius 3 is 2.86 bits per heavy atom. The second kappa shape index (κ2) is 5.66. The zero-order valence-electron chi connectivity index (χ0n) is 11.4. The predicted molar refractivity (Wildman–Crippen MR) is 82.1 cm³/mol. The molecule has 108 valence electrons. The number of nitrogens with two attached hydrogens (primary N) is 1. The van der Waals surface area contributed by atoms with Gasteiger partial charge in [-0.3, -0.25) is 4.79 Å². The summed E-state index contributed by atoms with van der Waals surface area (Å²) in [6.07, 6.45) is 0. The Morgan fingerprint density at radius 1 is 1.24 bits per heavy atom. The molecule has 0 unspecified atom stereocenters. The number of benzene rings is 2. The van der Waals surface area contributed by atoms with Gasteiger partial charge in [-0.25, -0.2) is 0 Å². The summed E-state index contributed by atoms with van der Waals surface area (Å²) >= 11 is 6.17. The molecule has 0 bridgehead atoms. The Bertz CT molecular complexity index is 688. The van der Waals surface area contributed by atoms with Crippen LogP contribution in [0.5, 0.6) is 5.75 Å². The molecule has 0 aromatic heterocycles. The van der Waals surface area contributed by atoms with E-state index in [0.29, 0.717) is 29.5 Å². The minimum atomic E-state index is -0.0651. The van der Waals surface area contributed by atoms with E-state index in [2.05, 4.69) is 0 Å². The van der Waals surface area contributed by atoms with Gasteiger partial charge in [0.1, 0.15) is 5.75 Å². The molecular weight excluding hydrogens is 288 g/mol. The number of fused-ring (bicyclic) bond motifs is 1. The van der Waals surface area contributed by atoms with Gasteiger partial charge >= 0.3 is 0 Å². The number of nitrogens with zero attached hydrogens (tertiary/aromatic N) is 1. The number of carbonyl (C=O) groups excluding carboxylic acids is 1. The van der Waals surface area contributed by atoms with E-state index in [0.717, 1.165) is 11.1 Å². The number of carbonyl (C=O) groups is 1. The fourth-order valence-electron chi connectivity index (χ4n) is 2.36. The Kier molecular flexibility index (Phi) is 3.71. The van der Waals surface area contributed by atoms with Crippen molar-refractivity contribution in [1.82, 2.24) is 4.90 Å². The molecule has 0 fully saturated rings. The predicted octanol–water partition coefficient (Wildman–Crippen LogP) is 2.84. The van der Waals surface area contributed by atoms with Crippen LogP contribution in [-0.4, -0.2) is 17.4 Å². The van der Waals surface area contributed by atoms with Crippen LogP contribution in [0.2, 0.25) is 5.02 Å². The number of halogens is 1. The first-order valence-electron chi connectivity index (χ1n) is 6.66. The molecule has 0 radical (unpaired) electrons. The van der Waals surface area contributed by atoms with Crippen molar-refractivity contribution in [1.29, 1.82) is 0 Å². The van der Waals surface area contributed by atoms with Crippen LogP contribution in [0.15, 0.2) is 42.5 Å². The molecule has 1 aliphatic rings. The summed E-state index contributed by atoms with van der Waals surface area (Å²) < 4.78 is 5.53. The van der Waals surface area contributed by atoms with Gasteiger partial charge in [0, 0.05) is 29.4 Å². The molecule has 0 aliphatic carbocycles. The third kappa shape index (κ3) is 2.95. The van der Waals surface area contributed by atoms with Gasteiger partial charge in [0.05, 0.1) is 0 Å². The van der Waals surface area contributed by atoms with Gasteiger partial charge in [-0.05, 0) is 29.8 Å². The number of hydrogen-bond acceptors (Lipinski definition) is 3. The largest absolute Gasteiger partial charge is 0.483 e. The van der Waals surface area contributed by atoms with Crippen LogP contribution in [0.25, 0.3) is 0 Å². The summed E-state index contributed by atoms with van der Waals surface area (Å²) in [6, 6.07) is 12.9. The highest BCUT2D eigenvalue weighted by molar-refractivity contribution is 6.31. The van der Waals surface area contributed by atoms with Crippen molar-refractivity contribution in [3.8, 4) is 5.75 Å². The first kappa shape index (κ1) is 13.8. The topological polar surface area (TPSA) is 55.6 Å². The lowest BCUT2D eigenvalue weighted by molar-refractivity contribution is -0.133. The van der Waals surface area contributed by atoms with E-state index >= 15 is 0 Å². The minimum absolute atomic E-state index is 0.0291. The van der Waals surface area contributed by atoms with E-state index < -0.39 is 0 Å². The van der Waals surface area contributed by atoms with E-state index in [9.17, 15) is 4.79 Å².